The van der Waals surface area contributed by atoms with E-state index in [1.807, 2.05) is 0 Å². The first-order chi connectivity index (χ1) is 15.4. The zero-order valence-corrected chi connectivity index (χ0v) is 18.1. The van der Waals surface area contributed by atoms with Crippen LogP contribution < -0.4 is 20.1 Å². The second-order valence-corrected chi connectivity index (χ2v) is 7.49. The number of ether oxygens (including phenoxy) is 2. The summed E-state index contributed by atoms with van der Waals surface area (Å²) in [4.78, 5) is 28.6. The van der Waals surface area contributed by atoms with Gasteiger partial charge in [0.2, 0.25) is 5.91 Å². The zero-order valence-electron chi connectivity index (χ0n) is 17.3. The Hall–Kier alpha value is -3.47. The number of nitrogens with zero attached hydrogens (tertiary/aromatic N) is 1. The standard InChI is InChI=1S/C21H21F2N3O5S/c1-12-15(6-8-30-12)19(28)26-21-25-14(11-32-21)10-18(27)24-7-5-13-3-4-16(29-2)17(9-13)31-20(22)23/h3-4,6,8-9,11,20H,5,7,10H2,1-2H3,(H,24,27)(H,25,26,28). The quantitative estimate of drug-likeness (QED) is 0.472. The highest BCUT2D eigenvalue weighted by molar-refractivity contribution is 7.14. The largest absolute Gasteiger partial charge is 0.493 e. The van der Waals surface area contributed by atoms with Crippen LogP contribution in [-0.4, -0.2) is 37.1 Å². The lowest BCUT2D eigenvalue weighted by Gasteiger charge is -2.11. The summed E-state index contributed by atoms with van der Waals surface area (Å²) >= 11 is 1.21. The van der Waals surface area contributed by atoms with Crippen molar-refractivity contribution in [3.63, 3.8) is 0 Å². The van der Waals surface area contributed by atoms with Gasteiger partial charge >= 0.3 is 6.61 Å². The number of hydrogen-bond acceptors (Lipinski definition) is 7. The predicted octanol–water partition coefficient (Wildman–Crippen LogP) is 3.81. The van der Waals surface area contributed by atoms with E-state index in [-0.39, 0.29) is 29.7 Å². The number of furan rings is 1. The first-order valence-electron chi connectivity index (χ1n) is 9.54. The lowest BCUT2D eigenvalue weighted by molar-refractivity contribution is -0.120. The summed E-state index contributed by atoms with van der Waals surface area (Å²) in [5.74, 6) is 0.0533. The summed E-state index contributed by atoms with van der Waals surface area (Å²) in [6, 6.07) is 6.26. The van der Waals surface area contributed by atoms with E-state index in [1.165, 1.54) is 36.8 Å². The molecule has 1 aromatic carbocycles. The van der Waals surface area contributed by atoms with Gasteiger partial charge in [-0.25, -0.2) is 4.98 Å². The fourth-order valence-corrected chi connectivity index (χ4v) is 3.57. The maximum atomic E-state index is 12.5. The van der Waals surface area contributed by atoms with E-state index in [4.69, 9.17) is 9.15 Å². The average Bonchev–Trinajstić information content (AvgIpc) is 3.36. The van der Waals surface area contributed by atoms with Crippen LogP contribution in [0.1, 0.15) is 27.4 Å². The van der Waals surface area contributed by atoms with Gasteiger partial charge in [0.05, 0.1) is 31.1 Å². The summed E-state index contributed by atoms with van der Waals surface area (Å²) in [6.07, 6.45) is 1.89. The molecule has 3 aromatic rings. The third kappa shape index (κ3) is 6.27. The number of aryl methyl sites for hydroxylation is 1. The first kappa shape index (κ1) is 23.2. The third-order valence-corrected chi connectivity index (χ3v) is 5.20. The molecule has 0 saturated carbocycles. The molecule has 0 atom stereocenters. The average molecular weight is 465 g/mol. The molecule has 0 aliphatic rings. The van der Waals surface area contributed by atoms with Gasteiger partial charge in [0, 0.05) is 11.9 Å². The Morgan fingerprint density at radius 1 is 1.25 bits per heavy atom. The maximum Gasteiger partial charge on any atom is 0.387 e. The van der Waals surface area contributed by atoms with Crippen molar-refractivity contribution >= 4 is 28.3 Å². The fraction of sp³-hybridized carbons (Fsp3) is 0.286. The summed E-state index contributed by atoms with van der Waals surface area (Å²) in [5.41, 5.74) is 1.64. The monoisotopic (exact) mass is 465 g/mol. The highest BCUT2D eigenvalue weighted by Gasteiger charge is 2.15. The molecule has 2 aromatic heterocycles. The summed E-state index contributed by atoms with van der Waals surface area (Å²) in [5, 5.41) is 7.49. The molecule has 0 saturated heterocycles. The lowest BCUT2D eigenvalue weighted by atomic mass is 10.1. The molecule has 0 aliphatic carbocycles. The number of thiazole rings is 1. The Labute approximate surface area is 186 Å². The number of benzene rings is 1. The van der Waals surface area contributed by atoms with Gasteiger partial charge in [-0.1, -0.05) is 6.07 Å². The van der Waals surface area contributed by atoms with Crippen LogP contribution >= 0.6 is 11.3 Å². The molecular weight excluding hydrogens is 444 g/mol. The Kier molecular flexibility index (Phi) is 7.77. The molecular formula is C21H21F2N3O5S. The number of amides is 2. The smallest absolute Gasteiger partial charge is 0.387 e. The van der Waals surface area contributed by atoms with Crippen molar-refractivity contribution in [2.45, 2.75) is 26.4 Å². The van der Waals surface area contributed by atoms with Crippen molar-refractivity contribution in [2.75, 3.05) is 19.0 Å². The normalized spacial score (nSPS) is 10.8. The number of anilines is 1. The number of methoxy groups -OCH3 is 1. The molecule has 170 valence electrons. The first-order valence-corrected chi connectivity index (χ1v) is 10.4. The summed E-state index contributed by atoms with van der Waals surface area (Å²) in [7, 11) is 1.36. The minimum absolute atomic E-state index is 0.0411. The van der Waals surface area contributed by atoms with Crippen LogP contribution in [0.4, 0.5) is 13.9 Å². The van der Waals surface area contributed by atoms with Gasteiger partial charge in [0.15, 0.2) is 16.6 Å². The molecule has 0 bridgehead atoms. The number of aromatic nitrogens is 1. The summed E-state index contributed by atoms with van der Waals surface area (Å²) in [6.45, 7) is -0.979. The molecule has 3 rings (SSSR count). The number of carbonyl (C=O) groups excluding carboxylic acids is 2. The Balaban J connectivity index is 1.47. The van der Waals surface area contributed by atoms with Crippen LogP contribution in [0.2, 0.25) is 0 Å². The van der Waals surface area contributed by atoms with Gasteiger partial charge in [0.25, 0.3) is 5.91 Å². The van der Waals surface area contributed by atoms with Crippen LogP contribution in [0.15, 0.2) is 40.3 Å². The van der Waals surface area contributed by atoms with Gasteiger partial charge in [-0.3, -0.25) is 14.9 Å². The predicted molar refractivity (Wildman–Crippen MR) is 114 cm³/mol. The van der Waals surface area contributed by atoms with E-state index in [9.17, 15) is 18.4 Å². The zero-order chi connectivity index (χ0) is 23.1. The van der Waals surface area contributed by atoms with Gasteiger partial charge in [-0.2, -0.15) is 8.78 Å². The van der Waals surface area contributed by atoms with Crippen molar-refractivity contribution in [1.29, 1.82) is 0 Å². The van der Waals surface area contributed by atoms with Crippen LogP contribution in [0.25, 0.3) is 0 Å². The minimum Gasteiger partial charge on any atom is -0.493 e. The van der Waals surface area contributed by atoms with Crippen LogP contribution in [0, 0.1) is 6.92 Å². The van der Waals surface area contributed by atoms with E-state index >= 15 is 0 Å². The molecule has 0 unspecified atom stereocenters. The van der Waals surface area contributed by atoms with Gasteiger partial charge in [0.1, 0.15) is 5.76 Å². The van der Waals surface area contributed by atoms with Gasteiger partial charge in [-0.05, 0) is 37.1 Å². The SMILES string of the molecule is COc1ccc(CCNC(=O)Cc2csc(NC(=O)c3ccoc3C)n2)cc1OC(F)F. The van der Waals surface area contributed by atoms with Crippen molar-refractivity contribution in [3.8, 4) is 11.5 Å². The van der Waals surface area contributed by atoms with E-state index in [0.717, 1.165) is 0 Å². The number of alkyl halides is 2. The summed E-state index contributed by atoms with van der Waals surface area (Å²) < 4.78 is 39.6. The van der Waals surface area contributed by atoms with Crippen LogP contribution in [0.3, 0.4) is 0 Å². The van der Waals surface area contributed by atoms with Crippen molar-refractivity contribution in [2.24, 2.45) is 0 Å². The second-order valence-electron chi connectivity index (χ2n) is 6.63. The molecule has 2 amide bonds. The third-order valence-electron chi connectivity index (χ3n) is 4.40. The fourth-order valence-electron chi connectivity index (χ4n) is 2.87. The highest BCUT2D eigenvalue weighted by Crippen LogP contribution is 2.29. The van der Waals surface area contributed by atoms with Crippen molar-refractivity contribution < 1.29 is 32.3 Å². The highest BCUT2D eigenvalue weighted by atomic mass is 32.1. The Morgan fingerprint density at radius 3 is 2.75 bits per heavy atom. The maximum absolute atomic E-state index is 12.5. The molecule has 32 heavy (non-hydrogen) atoms. The molecule has 0 fully saturated rings. The van der Waals surface area contributed by atoms with E-state index < -0.39 is 6.61 Å². The molecule has 8 nitrogen and oxygen atoms in total. The lowest BCUT2D eigenvalue weighted by Crippen LogP contribution is -2.27. The molecule has 0 spiro atoms. The van der Waals surface area contributed by atoms with Crippen LogP contribution in [-0.2, 0) is 17.6 Å². The molecule has 0 radical (unpaired) electrons. The van der Waals surface area contributed by atoms with Crippen molar-refractivity contribution in [1.82, 2.24) is 10.3 Å². The van der Waals surface area contributed by atoms with E-state index in [0.29, 0.717) is 40.7 Å². The number of hydrogen-bond donors (Lipinski definition) is 2. The molecule has 11 heteroatoms. The molecule has 0 aliphatic heterocycles. The molecule has 2 heterocycles. The second kappa shape index (κ2) is 10.7. The number of rotatable bonds is 10. The van der Waals surface area contributed by atoms with E-state index in [2.05, 4.69) is 20.4 Å². The van der Waals surface area contributed by atoms with Crippen LogP contribution in [0.5, 0.6) is 11.5 Å². The topological polar surface area (TPSA) is 103 Å². The minimum atomic E-state index is -2.96. The van der Waals surface area contributed by atoms with E-state index in [1.54, 1.807) is 24.4 Å². The van der Waals surface area contributed by atoms with Gasteiger partial charge in [-0.15, -0.1) is 11.3 Å². The number of halogens is 2. The number of carbonyl (C=O) groups is 2. The Bertz CT molecular complexity index is 1080. The molecule has 2 N–H and O–H groups in total. The van der Waals surface area contributed by atoms with Crippen molar-refractivity contribution in [3.05, 3.63) is 58.5 Å². The number of nitrogens with one attached hydrogen (secondary N) is 2. The van der Waals surface area contributed by atoms with Gasteiger partial charge < -0.3 is 19.2 Å². The Morgan fingerprint density at radius 2 is 2.06 bits per heavy atom.